The van der Waals surface area contributed by atoms with Crippen molar-refractivity contribution in [2.24, 2.45) is 0 Å². The van der Waals surface area contributed by atoms with Gasteiger partial charge >= 0.3 is 0 Å². The molecule has 0 aromatic carbocycles. The Bertz CT molecular complexity index is 369. The van der Waals surface area contributed by atoms with Crippen LogP contribution in [0.5, 0.6) is 0 Å². The maximum atomic E-state index is 10.8. The predicted octanol–water partition coefficient (Wildman–Crippen LogP) is -1.02. The van der Waals surface area contributed by atoms with Crippen molar-refractivity contribution in [2.45, 2.75) is 0 Å². The molecule has 0 bridgehead atoms. The molecule has 6 nitrogen and oxygen atoms in total. The van der Waals surface area contributed by atoms with E-state index in [2.05, 4.69) is 10.2 Å². The standard InChI is InChI=1S/C6H4N4O2/c7-3-8-6(12)4-1-2-5(11)10-9-4/h1-2H,(H,8,12)(H,10,11). The first-order chi connectivity index (χ1) is 5.74. The van der Waals surface area contributed by atoms with Gasteiger partial charge in [0.05, 0.1) is 0 Å². The first-order valence-corrected chi connectivity index (χ1v) is 2.99. The molecule has 0 saturated carbocycles. The minimum absolute atomic E-state index is 0.00356. The molecule has 1 amide bonds. The number of rotatable bonds is 1. The van der Waals surface area contributed by atoms with Crippen LogP contribution in [0.4, 0.5) is 0 Å². The minimum Gasteiger partial charge on any atom is -0.268 e. The van der Waals surface area contributed by atoms with E-state index >= 15 is 0 Å². The lowest BCUT2D eigenvalue weighted by Gasteiger charge is -1.92. The summed E-state index contributed by atoms with van der Waals surface area (Å²) >= 11 is 0. The zero-order chi connectivity index (χ0) is 8.97. The van der Waals surface area contributed by atoms with Crippen LogP contribution < -0.4 is 10.9 Å². The van der Waals surface area contributed by atoms with Crippen LogP contribution in [0.25, 0.3) is 0 Å². The summed E-state index contributed by atoms with van der Waals surface area (Å²) < 4.78 is 0. The maximum absolute atomic E-state index is 10.8. The molecule has 0 aliphatic carbocycles. The fourth-order valence-corrected chi connectivity index (χ4v) is 0.586. The second-order valence-electron chi connectivity index (χ2n) is 1.87. The van der Waals surface area contributed by atoms with Crippen molar-refractivity contribution in [3.05, 3.63) is 28.2 Å². The molecule has 6 heteroatoms. The summed E-state index contributed by atoms with van der Waals surface area (Å²) in [6.45, 7) is 0. The van der Waals surface area contributed by atoms with Gasteiger partial charge in [-0.25, -0.2) is 5.10 Å². The highest BCUT2D eigenvalue weighted by Gasteiger charge is 2.04. The first kappa shape index (κ1) is 7.94. The van der Waals surface area contributed by atoms with E-state index in [1.807, 2.05) is 5.32 Å². The van der Waals surface area contributed by atoms with E-state index in [1.54, 1.807) is 0 Å². The Morgan fingerprint density at radius 1 is 1.67 bits per heavy atom. The van der Waals surface area contributed by atoms with Crippen LogP contribution >= 0.6 is 0 Å². The van der Waals surface area contributed by atoms with Gasteiger partial charge in [-0.3, -0.25) is 14.9 Å². The molecule has 0 aliphatic rings. The number of carbonyl (C=O) groups excluding carboxylic acids is 1. The number of carbonyl (C=O) groups is 1. The lowest BCUT2D eigenvalue weighted by molar-refractivity contribution is 0.0967. The van der Waals surface area contributed by atoms with Crippen LogP contribution in [0.1, 0.15) is 10.5 Å². The van der Waals surface area contributed by atoms with Crippen LogP contribution in [0.15, 0.2) is 16.9 Å². The molecule has 0 fully saturated rings. The molecule has 0 radical (unpaired) electrons. The van der Waals surface area contributed by atoms with Gasteiger partial charge in [-0.1, -0.05) is 0 Å². The molecule has 0 saturated heterocycles. The first-order valence-electron chi connectivity index (χ1n) is 2.99. The topological polar surface area (TPSA) is 98.6 Å². The molecule has 0 aliphatic heterocycles. The van der Waals surface area contributed by atoms with Crippen molar-refractivity contribution < 1.29 is 4.79 Å². The van der Waals surface area contributed by atoms with E-state index in [0.29, 0.717) is 0 Å². The Balaban J connectivity index is 2.91. The van der Waals surface area contributed by atoms with Crippen LogP contribution in [-0.2, 0) is 0 Å². The monoisotopic (exact) mass is 164 g/mol. The minimum atomic E-state index is -0.645. The molecule has 1 aromatic heterocycles. The van der Waals surface area contributed by atoms with Crippen LogP contribution in [0.2, 0.25) is 0 Å². The summed E-state index contributed by atoms with van der Waals surface area (Å²) in [5.74, 6) is -0.645. The fraction of sp³-hybridized carbons (Fsp3) is 0. The number of hydrogen-bond donors (Lipinski definition) is 2. The molecule has 2 N–H and O–H groups in total. The van der Waals surface area contributed by atoms with E-state index in [4.69, 9.17) is 5.26 Å². The molecule has 60 valence electrons. The summed E-state index contributed by atoms with van der Waals surface area (Å²) in [6, 6.07) is 2.38. The molecular formula is C6H4N4O2. The van der Waals surface area contributed by atoms with E-state index in [1.165, 1.54) is 12.3 Å². The summed E-state index contributed by atoms with van der Waals surface area (Å²) in [5, 5.41) is 15.4. The number of hydrogen-bond acceptors (Lipinski definition) is 4. The van der Waals surface area contributed by atoms with Gasteiger partial charge in [0, 0.05) is 6.07 Å². The van der Waals surface area contributed by atoms with Crippen LogP contribution in [-0.4, -0.2) is 16.1 Å². The number of nitrogens with one attached hydrogen (secondary N) is 2. The van der Waals surface area contributed by atoms with E-state index < -0.39 is 11.5 Å². The van der Waals surface area contributed by atoms with Gasteiger partial charge in [-0.2, -0.15) is 10.4 Å². The van der Waals surface area contributed by atoms with Gasteiger partial charge in [0.15, 0.2) is 6.19 Å². The average Bonchev–Trinajstić information content (AvgIpc) is 2.06. The van der Waals surface area contributed by atoms with Crippen molar-refractivity contribution >= 4 is 5.91 Å². The molecule has 1 heterocycles. The zero-order valence-corrected chi connectivity index (χ0v) is 5.87. The van der Waals surface area contributed by atoms with Gasteiger partial charge < -0.3 is 0 Å². The number of nitrogens with zero attached hydrogens (tertiary/aromatic N) is 2. The van der Waals surface area contributed by atoms with E-state index in [0.717, 1.165) is 6.07 Å². The third-order valence-corrected chi connectivity index (χ3v) is 1.08. The summed E-state index contributed by atoms with van der Waals surface area (Å²) in [5.41, 5.74) is -0.403. The van der Waals surface area contributed by atoms with Crippen LogP contribution in [0, 0.1) is 11.5 Å². The average molecular weight is 164 g/mol. The highest BCUT2D eigenvalue weighted by atomic mass is 16.2. The zero-order valence-electron chi connectivity index (χ0n) is 5.87. The molecular weight excluding hydrogens is 160 g/mol. The van der Waals surface area contributed by atoms with Gasteiger partial charge in [0.25, 0.3) is 11.5 Å². The number of aromatic nitrogens is 2. The molecule has 0 spiro atoms. The second-order valence-corrected chi connectivity index (χ2v) is 1.87. The van der Waals surface area contributed by atoms with Gasteiger partial charge in [-0.15, -0.1) is 0 Å². The number of nitriles is 1. The number of H-pyrrole nitrogens is 1. The highest BCUT2D eigenvalue weighted by Crippen LogP contribution is 1.86. The largest absolute Gasteiger partial charge is 0.284 e. The quantitative estimate of drug-likeness (QED) is 0.410. The van der Waals surface area contributed by atoms with Gasteiger partial charge in [0.2, 0.25) is 0 Å². The third-order valence-electron chi connectivity index (χ3n) is 1.08. The Labute approximate surface area is 66.8 Å². The SMILES string of the molecule is N#CNC(=O)c1ccc(=O)[nH]n1. The summed E-state index contributed by atoms with van der Waals surface area (Å²) in [4.78, 5) is 21.3. The maximum Gasteiger partial charge on any atom is 0.284 e. The summed E-state index contributed by atoms with van der Waals surface area (Å²) in [7, 11) is 0. The molecule has 1 aromatic rings. The molecule has 0 unspecified atom stereocenters. The van der Waals surface area contributed by atoms with Crippen molar-refractivity contribution in [2.75, 3.05) is 0 Å². The van der Waals surface area contributed by atoms with E-state index in [-0.39, 0.29) is 5.69 Å². The predicted molar refractivity (Wildman–Crippen MR) is 37.9 cm³/mol. The van der Waals surface area contributed by atoms with E-state index in [9.17, 15) is 9.59 Å². The lowest BCUT2D eigenvalue weighted by atomic mass is 10.4. The van der Waals surface area contributed by atoms with Crippen molar-refractivity contribution in [3.8, 4) is 6.19 Å². The Morgan fingerprint density at radius 2 is 2.42 bits per heavy atom. The highest BCUT2D eigenvalue weighted by molar-refractivity contribution is 5.92. The Morgan fingerprint density at radius 3 is 2.92 bits per heavy atom. The molecule has 12 heavy (non-hydrogen) atoms. The third kappa shape index (κ3) is 1.67. The normalized spacial score (nSPS) is 8.58. The smallest absolute Gasteiger partial charge is 0.268 e. The number of amides is 1. The lowest BCUT2D eigenvalue weighted by Crippen LogP contribution is -2.21. The van der Waals surface area contributed by atoms with Crippen molar-refractivity contribution in [1.29, 1.82) is 5.26 Å². The van der Waals surface area contributed by atoms with Crippen LogP contribution in [0.3, 0.4) is 0 Å². The van der Waals surface area contributed by atoms with Crippen molar-refractivity contribution in [1.82, 2.24) is 15.5 Å². The molecule has 0 atom stereocenters. The number of aromatic amines is 1. The van der Waals surface area contributed by atoms with Gasteiger partial charge in [0.1, 0.15) is 5.69 Å². The molecule has 1 rings (SSSR count). The van der Waals surface area contributed by atoms with Crippen molar-refractivity contribution in [3.63, 3.8) is 0 Å². The Hall–Kier alpha value is -2.16. The summed E-state index contributed by atoms with van der Waals surface area (Å²) in [6.07, 6.45) is 1.45. The van der Waals surface area contributed by atoms with Gasteiger partial charge in [-0.05, 0) is 6.07 Å². The fourth-order valence-electron chi connectivity index (χ4n) is 0.586. The second kappa shape index (κ2) is 3.30. The Kier molecular flexibility index (Phi) is 2.18.